The molecule has 1 heterocycles. The van der Waals surface area contributed by atoms with E-state index in [4.69, 9.17) is 0 Å². The van der Waals surface area contributed by atoms with Gasteiger partial charge in [-0.15, -0.1) is 11.3 Å². The quantitative estimate of drug-likeness (QED) is 0.671. The minimum absolute atomic E-state index is 0.265. The van der Waals surface area contributed by atoms with Crippen LogP contribution in [-0.2, 0) is 4.74 Å². The molecule has 3 nitrogen and oxygen atoms in total. The van der Waals surface area contributed by atoms with E-state index in [9.17, 15) is 9.18 Å². The molecule has 0 amide bonds. The summed E-state index contributed by atoms with van der Waals surface area (Å²) in [6.07, 6.45) is 0. The third kappa shape index (κ3) is 2.06. The Morgan fingerprint density at radius 3 is 2.70 bits per heavy atom. The molecule has 0 aliphatic carbocycles. The summed E-state index contributed by atoms with van der Waals surface area (Å²) >= 11 is 1.33. The average Bonchev–Trinajstić information content (AvgIpc) is 2.97. The molecule has 2 aromatic carbocycles. The maximum atomic E-state index is 13.8. The van der Waals surface area contributed by atoms with E-state index in [1.54, 1.807) is 23.6 Å². The predicted molar refractivity (Wildman–Crippen MR) is 76.4 cm³/mol. The van der Waals surface area contributed by atoms with Gasteiger partial charge in [0.1, 0.15) is 10.8 Å². The molecule has 0 N–H and O–H groups in total. The minimum atomic E-state index is -0.473. The number of benzene rings is 2. The van der Waals surface area contributed by atoms with E-state index in [0.717, 1.165) is 10.9 Å². The number of methoxy groups -OCH3 is 1. The van der Waals surface area contributed by atoms with Gasteiger partial charge in [0.2, 0.25) is 0 Å². The largest absolute Gasteiger partial charge is 0.464 e. The van der Waals surface area contributed by atoms with Crippen molar-refractivity contribution in [2.75, 3.05) is 7.11 Å². The van der Waals surface area contributed by atoms with Gasteiger partial charge in [0.15, 0.2) is 5.69 Å². The Hall–Kier alpha value is -2.27. The lowest BCUT2D eigenvalue weighted by molar-refractivity contribution is 0.0595. The number of thiazole rings is 1. The lowest BCUT2D eigenvalue weighted by atomic mass is 10.0. The smallest absolute Gasteiger partial charge is 0.357 e. The molecule has 0 saturated carbocycles. The van der Waals surface area contributed by atoms with Gasteiger partial charge < -0.3 is 4.74 Å². The lowest BCUT2D eigenvalue weighted by Crippen LogP contribution is -2.01. The van der Waals surface area contributed by atoms with Crippen molar-refractivity contribution in [3.05, 3.63) is 53.3 Å². The first-order chi connectivity index (χ1) is 9.70. The highest BCUT2D eigenvalue weighted by molar-refractivity contribution is 7.13. The van der Waals surface area contributed by atoms with Gasteiger partial charge in [-0.25, -0.2) is 14.2 Å². The summed E-state index contributed by atoms with van der Waals surface area (Å²) in [5.41, 5.74) is 1.07. The Labute approximate surface area is 118 Å². The minimum Gasteiger partial charge on any atom is -0.464 e. The summed E-state index contributed by atoms with van der Waals surface area (Å²) in [4.78, 5) is 15.7. The number of carbonyl (C=O) groups is 1. The third-order valence-electron chi connectivity index (χ3n) is 3.00. The molecule has 3 aromatic rings. The van der Waals surface area contributed by atoms with Crippen molar-refractivity contribution in [2.45, 2.75) is 0 Å². The summed E-state index contributed by atoms with van der Waals surface area (Å²) in [6, 6.07) is 10.3. The van der Waals surface area contributed by atoms with Crippen LogP contribution in [0.1, 0.15) is 10.5 Å². The normalized spacial score (nSPS) is 10.7. The number of aromatic nitrogens is 1. The molecule has 0 unspecified atom stereocenters. The fraction of sp³-hybridized carbons (Fsp3) is 0.0667. The fourth-order valence-electron chi connectivity index (χ4n) is 2.04. The Bertz CT molecular complexity index is 797. The Morgan fingerprint density at radius 1 is 1.20 bits per heavy atom. The van der Waals surface area contributed by atoms with Gasteiger partial charge in [-0.05, 0) is 17.5 Å². The zero-order valence-electron chi connectivity index (χ0n) is 10.6. The van der Waals surface area contributed by atoms with E-state index in [1.165, 1.54) is 24.5 Å². The first-order valence-corrected chi connectivity index (χ1v) is 6.80. The Morgan fingerprint density at radius 2 is 1.95 bits per heavy atom. The van der Waals surface area contributed by atoms with Crippen LogP contribution < -0.4 is 0 Å². The van der Waals surface area contributed by atoms with Crippen LogP contribution in [0.3, 0.4) is 0 Å². The summed E-state index contributed by atoms with van der Waals surface area (Å²) in [5.74, 6) is -0.743. The number of hydrogen-bond donors (Lipinski definition) is 0. The van der Waals surface area contributed by atoms with Crippen molar-refractivity contribution in [3.8, 4) is 10.6 Å². The van der Waals surface area contributed by atoms with Crippen molar-refractivity contribution in [3.63, 3.8) is 0 Å². The summed E-state index contributed by atoms with van der Waals surface area (Å²) in [6.45, 7) is 0. The van der Waals surface area contributed by atoms with E-state index in [2.05, 4.69) is 9.72 Å². The van der Waals surface area contributed by atoms with E-state index in [1.807, 2.05) is 12.1 Å². The molecule has 0 fully saturated rings. The SMILES string of the molecule is COC(=O)c1csc(-c2ccc(F)c3ccccc23)n1. The first-order valence-electron chi connectivity index (χ1n) is 5.92. The van der Waals surface area contributed by atoms with Crippen LogP contribution in [0.4, 0.5) is 4.39 Å². The van der Waals surface area contributed by atoms with Gasteiger partial charge in [-0.2, -0.15) is 0 Å². The maximum absolute atomic E-state index is 13.8. The second-order valence-corrected chi connectivity index (χ2v) is 5.03. The molecule has 3 rings (SSSR count). The number of rotatable bonds is 2. The molecular weight excluding hydrogens is 277 g/mol. The topological polar surface area (TPSA) is 39.2 Å². The first kappa shape index (κ1) is 12.7. The van der Waals surface area contributed by atoms with Crippen molar-refractivity contribution in [1.82, 2.24) is 4.98 Å². The van der Waals surface area contributed by atoms with E-state index in [0.29, 0.717) is 10.4 Å². The van der Waals surface area contributed by atoms with Crippen LogP contribution in [0, 0.1) is 5.82 Å². The molecule has 5 heteroatoms. The van der Waals surface area contributed by atoms with Crippen molar-refractivity contribution in [2.24, 2.45) is 0 Å². The highest BCUT2D eigenvalue weighted by Gasteiger charge is 2.14. The molecule has 20 heavy (non-hydrogen) atoms. The molecular formula is C15H10FNO2S. The fourth-order valence-corrected chi connectivity index (χ4v) is 2.87. The number of esters is 1. The van der Waals surface area contributed by atoms with Crippen LogP contribution in [0.25, 0.3) is 21.3 Å². The van der Waals surface area contributed by atoms with Crippen LogP contribution in [0.5, 0.6) is 0 Å². The molecule has 1 aromatic heterocycles. The molecule has 0 saturated heterocycles. The van der Waals surface area contributed by atoms with Gasteiger partial charge in [-0.1, -0.05) is 24.3 Å². The highest BCUT2D eigenvalue weighted by Crippen LogP contribution is 2.32. The molecule has 0 atom stereocenters. The van der Waals surface area contributed by atoms with Crippen LogP contribution in [0.2, 0.25) is 0 Å². The number of halogens is 1. The predicted octanol–water partition coefficient (Wildman–Crippen LogP) is 3.89. The van der Waals surface area contributed by atoms with Gasteiger partial charge in [-0.3, -0.25) is 0 Å². The van der Waals surface area contributed by atoms with Crippen LogP contribution in [0.15, 0.2) is 41.8 Å². The molecule has 0 spiro atoms. The number of fused-ring (bicyclic) bond motifs is 1. The molecule has 0 aliphatic heterocycles. The second kappa shape index (κ2) is 5.02. The summed E-state index contributed by atoms with van der Waals surface area (Å²) < 4.78 is 18.4. The summed E-state index contributed by atoms with van der Waals surface area (Å²) in [5, 5.41) is 3.62. The van der Waals surface area contributed by atoms with Crippen LogP contribution >= 0.6 is 11.3 Å². The number of carbonyl (C=O) groups excluding carboxylic acids is 1. The third-order valence-corrected chi connectivity index (χ3v) is 3.88. The zero-order valence-corrected chi connectivity index (χ0v) is 11.4. The van der Waals surface area contributed by atoms with Crippen molar-refractivity contribution >= 4 is 28.1 Å². The summed E-state index contributed by atoms with van der Waals surface area (Å²) in [7, 11) is 1.31. The number of hydrogen-bond acceptors (Lipinski definition) is 4. The molecule has 100 valence electrons. The molecule has 0 aliphatic rings. The Kier molecular flexibility index (Phi) is 3.20. The molecule has 0 radical (unpaired) electrons. The second-order valence-electron chi connectivity index (χ2n) is 4.17. The molecule has 0 bridgehead atoms. The monoisotopic (exact) mass is 287 g/mol. The zero-order chi connectivity index (χ0) is 14.1. The highest BCUT2D eigenvalue weighted by atomic mass is 32.1. The van der Waals surface area contributed by atoms with E-state index < -0.39 is 5.97 Å². The van der Waals surface area contributed by atoms with Crippen LogP contribution in [-0.4, -0.2) is 18.1 Å². The number of ether oxygens (including phenoxy) is 1. The Balaban J connectivity index is 2.17. The van der Waals surface area contributed by atoms with Gasteiger partial charge in [0, 0.05) is 16.3 Å². The van der Waals surface area contributed by atoms with E-state index >= 15 is 0 Å². The van der Waals surface area contributed by atoms with E-state index in [-0.39, 0.29) is 11.5 Å². The standard InChI is InChI=1S/C15H10FNO2S/c1-19-15(18)13-8-20-14(17-13)11-6-7-12(16)10-5-3-2-4-9(10)11/h2-8H,1H3. The maximum Gasteiger partial charge on any atom is 0.357 e. The number of nitrogens with zero attached hydrogens (tertiary/aromatic N) is 1. The van der Waals surface area contributed by atoms with Gasteiger partial charge in [0.25, 0.3) is 0 Å². The van der Waals surface area contributed by atoms with Crippen molar-refractivity contribution < 1.29 is 13.9 Å². The van der Waals surface area contributed by atoms with Gasteiger partial charge >= 0.3 is 5.97 Å². The van der Waals surface area contributed by atoms with Gasteiger partial charge in [0.05, 0.1) is 7.11 Å². The lowest BCUT2D eigenvalue weighted by Gasteiger charge is -2.04. The van der Waals surface area contributed by atoms with Crippen molar-refractivity contribution in [1.29, 1.82) is 0 Å². The average molecular weight is 287 g/mol.